The Bertz CT molecular complexity index is 1010. The molecule has 0 aliphatic heterocycles. The maximum Gasteiger partial charge on any atom is 0.345 e. The van der Waals surface area contributed by atoms with Crippen molar-refractivity contribution in [2.75, 3.05) is 0 Å². The number of fused-ring (bicyclic) bond motifs is 1. The van der Waals surface area contributed by atoms with E-state index in [4.69, 9.17) is 9.84 Å². The third-order valence-corrected chi connectivity index (χ3v) is 4.51. The SMILES string of the molecule is O=C(O)c1cc2c(Oc3ccc(-n4cccn4)cc3)cncc2s1. The van der Waals surface area contributed by atoms with Crippen LogP contribution in [-0.2, 0) is 0 Å². The topological polar surface area (TPSA) is 77.2 Å². The summed E-state index contributed by atoms with van der Waals surface area (Å²) in [5.41, 5.74) is 0.924. The molecule has 6 nitrogen and oxygen atoms in total. The lowest BCUT2D eigenvalue weighted by Gasteiger charge is -2.07. The number of nitrogens with zero attached hydrogens (tertiary/aromatic N) is 3. The number of benzene rings is 1. The average Bonchev–Trinajstić information content (AvgIpc) is 3.26. The number of rotatable bonds is 4. The minimum Gasteiger partial charge on any atom is -0.477 e. The maximum atomic E-state index is 11.1. The van der Waals surface area contributed by atoms with E-state index in [1.165, 1.54) is 11.3 Å². The first-order valence-corrected chi connectivity index (χ1v) is 7.91. The summed E-state index contributed by atoms with van der Waals surface area (Å²) in [5, 5.41) is 14.0. The molecule has 3 heterocycles. The fraction of sp³-hybridized carbons (Fsp3) is 0. The van der Waals surface area contributed by atoms with Crippen molar-refractivity contribution in [3.8, 4) is 17.2 Å². The minimum absolute atomic E-state index is 0.261. The van der Waals surface area contributed by atoms with Crippen molar-refractivity contribution in [1.29, 1.82) is 0 Å². The molecule has 0 saturated carbocycles. The van der Waals surface area contributed by atoms with E-state index in [0.29, 0.717) is 11.5 Å². The summed E-state index contributed by atoms with van der Waals surface area (Å²) in [7, 11) is 0. The van der Waals surface area contributed by atoms with Crippen LogP contribution in [0.2, 0.25) is 0 Å². The number of carboxylic acid groups (broad SMARTS) is 1. The quantitative estimate of drug-likeness (QED) is 0.609. The molecule has 3 aromatic heterocycles. The van der Waals surface area contributed by atoms with Gasteiger partial charge in [0, 0.05) is 24.0 Å². The zero-order valence-corrected chi connectivity index (χ0v) is 13.1. The van der Waals surface area contributed by atoms with Crippen LogP contribution in [0.5, 0.6) is 11.5 Å². The number of ether oxygens (including phenoxy) is 1. The first-order chi connectivity index (χ1) is 11.7. The van der Waals surface area contributed by atoms with Gasteiger partial charge in [-0.1, -0.05) is 0 Å². The monoisotopic (exact) mass is 337 g/mol. The van der Waals surface area contributed by atoms with Gasteiger partial charge in [-0.2, -0.15) is 5.10 Å². The first kappa shape index (κ1) is 14.4. The van der Waals surface area contributed by atoms with Crippen LogP contribution in [0.1, 0.15) is 9.67 Å². The lowest BCUT2D eigenvalue weighted by Crippen LogP contribution is -1.93. The molecule has 118 valence electrons. The van der Waals surface area contributed by atoms with Crippen molar-refractivity contribution >= 4 is 27.4 Å². The molecule has 0 saturated heterocycles. The van der Waals surface area contributed by atoms with Crippen molar-refractivity contribution < 1.29 is 14.6 Å². The second-order valence-electron chi connectivity index (χ2n) is 5.01. The molecule has 0 amide bonds. The van der Waals surface area contributed by atoms with Gasteiger partial charge in [-0.05, 0) is 36.4 Å². The highest BCUT2D eigenvalue weighted by atomic mass is 32.1. The van der Waals surface area contributed by atoms with Gasteiger partial charge >= 0.3 is 5.97 Å². The number of aromatic nitrogens is 3. The van der Waals surface area contributed by atoms with Crippen LogP contribution in [0.3, 0.4) is 0 Å². The lowest BCUT2D eigenvalue weighted by molar-refractivity contribution is 0.0702. The summed E-state index contributed by atoms with van der Waals surface area (Å²) in [5.74, 6) is 0.220. The Morgan fingerprint density at radius 3 is 2.75 bits per heavy atom. The highest BCUT2D eigenvalue weighted by Crippen LogP contribution is 2.34. The summed E-state index contributed by atoms with van der Waals surface area (Å²) in [4.78, 5) is 15.5. The number of thiophene rings is 1. The molecule has 0 aliphatic rings. The van der Waals surface area contributed by atoms with Crippen molar-refractivity contribution in [3.63, 3.8) is 0 Å². The minimum atomic E-state index is -0.953. The van der Waals surface area contributed by atoms with Crippen LogP contribution in [-0.4, -0.2) is 25.8 Å². The molecule has 0 spiro atoms. The van der Waals surface area contributed by atoms with Gasteiger partial charge < -0.3 is 9.84 Å². The average molecular weight is 337 g/mol. The van der Waals surface area contributed by atoms with Crippen molar-refractivity contribution in [2.45, 2.75) is 0 Å². The second kappa shape index (κ2) is 5.78. The third kappa shape index (κ3) is 2.61. The molecule has 0 atom stereocenters. The summed E-state index contributed by atoms with van der Waals surface area (Å²) >= 11 is 1.18. The smallest absolute Gasteiger partial charge is 0.345 e. The van der Waals surface area contributed by atoms with Crippen LogP contribution in [0.4, 0.5) is 0 Å². The molecular formula is C17H11N3O3S. The number of hydrogen-bond acceptors (Lipinski definition) is 5. The van der Waals surface area contributed by atoms with E-state index < -0.39 is 5.97 Å². The van der Waals surface area contributed by atoms with Crippen molar-refractivity contribution in [1.82, 2.24) is 14.8 Å². The molecule has 0 radical (unpaired) electrons. The zero-order valence-electron chi connectivity index (χ0n) is 12.3. The number of carbonyl (C=O) groups is 1. The predicted octanol–water partition coefficient (Wildman–Crippen LogP) is 3.97. The van der Waals surface area contributed by atoms with Gasteiger partial charge in [0.2, 0.25) is 0 Å². The highest BCUT2D eigenvalue weighted by molar-refractivity contribution is 7.20. The molecule has 1 N–H and O–H groups in total. The van der Waals surface area contributed by atoms with Crippen LogP contribution in [0.25, 0.3) is 15.8 Å². The Kier molecular flexibility index (Phi) is 3.47. The van der Waals surface area contributed by atoms with Gasteiger partial charge in [0.1, 0.15) is 10.6 Å². The normalized spacial score (nSPS) is 10.8. The fourth-order valence-electron chi connectivity index (χ4n) is 2.34. The molecule has 0 aliphatic carbocycles. The molecule has 0 bridgehead atoms. The summed E-state index contributed by atoms with van der Waals surface area (Å²) < 4.78 is 8.41. The maximum absolute atomic E-state index is 11.1. The fourth-order valence-corrected chi connectivity index (χ4v) is 3.22. The molecule has 1 aromatic carbocycles. The van der Waals surface area contributed by atoms with Gasteiger partial charge in [0.15, 0.2) is 5.75 Å². The van der Waals surface area contributed by atoms with Gasteiger partial charge in [0.05, 0.1) is 16.6 Å². The van der Waals surface area contributed by atoms with Gasteiger partial charge in [-0.25, -0.2) is 9.48 Å². The lowest BCUT2D eigenvalue weighted by atomic mass is 10.2. The first-order valence-electron chi connectivity index (χ1n) is 7.09. The summed E-state index contributed by atoms with van der Waals surface area (Å²) in [6.45, 7) is 0. The van der Waals surface area contributed by atoms with Crippen molar-refractivity contribution in [2.24, 2.45) is 0 Å². The Morgan fingerprint density at radius 2 is 2.04 bits per heavy atom. The molecule has 4 aromatic rings. The Labute approximate surface area is 140 Å². The van der Waals surface area contributed by atoms with Crippen LogP contribution in [0.15, 0.2) is 61.2 Å². The number of pyridine rings is 1. The molecule has 7 heteroatoms. The third-order valence-electron chi connectivity index (χ3n) is 3.45. The highest BCUT2D eigenvalue weighted by Gasteiger charge is 2.13. The Hall–Kier alpha value is -3.19. The van der Waals surface area contributed by atoms with E-state index in [1.54, 1.807) is 29.3 Å². The molecule has 24 heavy (non-hydrogen) atoms. The summed E-state index contributed by atoms with van der Waals surface area (Å²) in [6.07, 6.45) is 6.80. The van der Waals surface area contributed by atoms with Crippen LogP contribution < -0.4 is 4.74 Å². The standard InChI is InChI=1S/C17H11N3O3S/c21-17(22)15-8-13-14(9-18-10-16(13)24-15)23-12-4-2-11(3-5-12)20-7-1-6-19-20/h1-10H,(H,21,22). The molecular weight excluding hydrogens is 326 g/mol. The van der Waals surface area contributed by atoms with Gasteiger partial charge in [0.25, 0.3) is 0 Å². The molecule has 4 rings (SSSR count). The van der Waals surface area contributed by atoms with E-state index in [-0.39, 0.29) is 4.88 Å². The Morgan fingerprint density at radius 1 is 1.21 bits per heavy atom. The van der Waals surface area contributed by atoms with Gasteiger partial charge in [-0.15, -0.1) is 11.3 Å². The van der Waals surface area contributed by atoms with Gasteiger partial charge in [-0.3, -0.25) is 4.98 Å². The van der Waals surface area contributed by atoms with Crippen LogP contribution >= 0.6 is 11.3 Å². The Balaban J connectivity index is 1.65. The number of carboxylic acids is 1. The molecule has 0 unspecified atom stereocenters. The van der Waals surface area contributed by atoms with E-state index >= 15 is 0 Å². The van der Waals surface area contributed by atoms with E-state index in [9.17, 15) is 4.79 Å². The zero-order chi connectivity index (χ0) is 16.5. The molecule has 0 fully saturated rings. The summed E-state index contributed by atoms with van der Waals surface area (Å²) in [6, 6.07) is 10.9. The van der Waals surface area contributed by atoms with E-state index in [0.717, 1.165) is 15.8 Å². The number of aromatic carboxylic acids is 1. The van der Waals surface area contributed by atoms with Crippen LogP contribution in [0, 0.1) is 0 Å². The number of hydrogen-bond donors (Lipinski definition) is 1. The van der Waals surface area contributed by atoms with E-state index in [1.807, 2.05) is 36.5 Å². The predicted molar refractivity (Wildman–Crippen MR) is 90.2 cm³/mol. The largest absolute Gasteiger partial charge is 0.477 e. The van der Waals surface area contributed by atoms with E-state index in [2.05, 4.69) is 10.1 Å². The van der Waals surface area contributed by atoms with Crippen molar-refractivity contribution in [3.05, 3.63) is 66.1 Å². The second-order valence-corrected chi connectivity index (χ2v) is 6.10.